The summed E-state index contributed by atoms with van der Waals surface area (Å²) in [6.45, 7) is 5.29. The molecule has 0 spiro atoms. The number of nitrogens with one attached hydrogen (secondary N) is 2. The first-order valence-electron chi connectivity index (χ1n) is 7.21. The van der Waals surface area contributed by atoms with Crippen LogP contribution in [0.5, 0.6) is 5.75 Å². The topological polar surface area (TPSA) is 56.8 Å². The van der Waals surface area contributed by atoms with Gasteiger partial charge in [-0.1, -0.05) is 12.1 Å². The molecular weight excluding hydrogens is 268 g/mol. The molecule has 0 bridgehead atoms. The maximum absolute atomic E-state index is 12.9. The summed E-state index contributed by atoms with van der Waals surface area (Å²) in [6.07, 6.45) is 0.00978. The van der Waals surface area contributed by atoms with E-state index in [9.17, 15) is 4.79 Å². The smallest absolute Gasteiger partial charge is 0.330 e. The van der Waals surface area contributed by atoms with Crippen molar-refractivity contribution in [3.05, 3.63) is 35.7 Å². The molecule has 1 aromatic carbocycles. The number of carbonyl (C=O) groups is 1. The molecule has 110 valence electrons. The van der Waals surface area contributed by atoms with E-state index in [1.807, 2.05) is 36.1 Å². The maximum atomic E-state index is 12.9. The molecule has 2 N–H and O–H groups in total. The summed E-state index contributed by atoms with van der Waals surface area (Å²) in [6, 6.07) is 7.89. The van der Waals surface area contributed by atoms with Crippen LogP contribution in [0.15, 0.2) is 35.7 Å². The summed E-state index contributed by atoms with van der Waals surface area (Å²) < 4.78 is 5.85. The Morgan fingerprint density at radius 3 is 2.86 bits per heavy atom. The second-order valence-electron chi connectivity index (χ2n) is 5.64. The summed E-state index contributed by atoms with van der Waals surface area (Å²) in [5, 5.41) is 6.64. The Labute approximate surface area is 123 Å². The molecular formula is C15H18N4O2. The second-order valence-corrected chi connectivity index (χ2v) is 5.64. The number of nitrogens with zero attached hydrogens (tertiary/aromatic N) is 2. The average molecular weight is 286 g/mol. The number of hydrogen-bond donors (Lipinski definition) is 2. The molecule has 6 nitrogen and oxygen atoms in total. The van der Waals surface area contributed by atoms with E-state index in [0.29, 0.717) is 6.54 Å². The van der Waals surface area contributed by atoms with E-state index in [-0.39, 0.29) is 18.2 Å². The van der Waals surface area contributed by atoms with Crippen LogP contribution in [-0.2, 0) is 0 Å². The summed E-state index contributed by atoms with van der Waals surface area (Å²) in [7, 11) is 0. The molecule has 2 atom stereocenters. The number of hydrogen-bond acceptors (Lipinski definition) is 4. The molecule has 3 aliphatic rings. The number of para-hydroxylation sites is 2. The Morgan fingerprint density at radius 1 is 1.29 bits per heavy atom. The molecule has 0 aromatic heterocycles. The Balaban J connectivity index is 1.74. The first kappa shape index (κ1) is 12.7. The van der Waals surface area contributed by atoms with Crippen LogP contribution in [0.3, 0.4) is 0 Å². The SMILES string of the molecule is CC1=C2CN(C3NCNC3C)C(=O)N2c2ccccc2O1. The highest BCUT2D eigenvalue weighted by molar-refractivity contribution is 6.00. The van der Waals surface area contributed by atoms with Gasteiger partial charge in [0, 0.05) is 12.7 Å². The summed E-state index contributed by atoms with van der Waals surface area (Å²) in [5.74, 6) is 1.53. The molecule has 0 radical (unpaired) electrons. The molecule has 0 saturated carbocycles. The summed E-state index contributed by atoms with van der Waals surface area (Å²) >= 11 is 0. The predicted molar refractivity (Wildman–Crippen MR) is 78.7 cm³/mol. The molecule has 4 rings (SSSR count). The number of ether oxygens (including phenoxy) is 1. The molecule has 2 fully saturated rings. The van der Waals surface area contributed by atoms with Crippen LogP contribution < -0.4 is 20.3 Å². The number of rotatable bonds is 1. The fourth-order valence-corrected chi connectivity index (χ4v) is 3.22. The minimum absolute atomic E-state index is 0.00755. The zero-order valence-electron chi connectivity index (χ0n) is 12.1. The first-order chi connectivity index (χ1) is 10.2. The molecule has 2 amide bonds. The van der Waals surface area contributed by atoms with E-state index in [1.165, 1.54) is 0 Å². The van der Waals surface area contributed by atoms with Crippen LogP contribution in [-0.4, -0.2) is 36.4 Å². The van der Waals surface area contributed by atoms with Gasteiger partial charge in [0.15, 0.2) is 5.75 Å². The third kappa shape index (κ3) is 1.76. The molecule has 3 aliphatic heterocycles. The maximum Gasteiger partial charge on any atom is 0.330 e. The lowest BCUT2D eigenvalue weighted by Gasteiger charge is -2.28. The third-order valence-corrected chi connectivity index (χ3v) is 4.35. The van der Waals surface area contributed by atoms with Gasteiger partial charge < -0.3 is 9.64 Å². The molecule has 2 saturated heterocycles. The summed E-state index contributed by atoms with van der Waals surface area (Å²) in [5.41, 5.74) is 1.75. The third-order valence-electron chi connectivity index (χ3n) is 4.35. The molecule has 2 unspecified atom stereocenters. The van der Waals surface area contributed by atoms with E-state index in [2.05, 4.69) is 17.6 Å². The van der Waals surface area contributed by atoms with Crippen LogP contribution in [0.2, 0.25) is 0 Å². The number of fused-ring (bicyclic) bond motifs is 3. The molecule has 21 heavy (non-hydrogen) atoms. The number of urea groups is 1. The van der Waals surface area contributed by atoms with Crippen LogP contribution in [0.25, 0.3) is 0 Å². The minimum Gasteiger partial charge on any atom is -0.458 e. The van der Waals surface area contributed by atoms with Gasteiger partial charge in [-0.3, -0.25) is 15.5 Å². The van der Waals surface area contributed by atoms with Crippen molar-refractivity contribution in [3.8, 4) is 5.75 Å². The van der Waals surface area contributed by atoms with Crippen molar-refractivity contribution in [2.24, 2.45) is 0 Å². The largest absolute Gasteiger partial charge is 0.458 e. The molecule has 1 aromatic rings. The highest BCUT2D eigenvalue weighted by Crippen LogP contribution is 2.41. The quantitative estimate of drug-likeness (QED) is 0.820. The van der Waals surface area contributed by atoms with E-state index in [1.54, 1.807) is 4.90 Å². The zero-order chi connectivity index (χ0) is 14.6. The Kier molecular flexibility index (Phi) is 2.70. The van der Waals surface area contributed by atoms with Gasteiger partial charge >= 0.3 is 6.03 Å². The fourth-order valence-electron chi connectivity index (χ4n) is 3.22. The van der Waals surface area contributed by atoms with Gasteiger partial charge in [0.05, 0.1) is 17.9 Å². The van der Waals surface area contributed by atoms with Gasteiger partial charge in [0.25, 0.3) is 0 Å². The Bertz CT molecular complexity index is 642. The van der Waals surface area contributed by atoms with E-state index in [0.717, 1.165) is 29.6 Å². The van der Waals surface area contributed by atoms with Gasteiger partial charge in [-0.05, 0) is 26.0 Å². The first-order valence-corrected chi connectivity index (χ1v) is 7.21. The van der Waals surface area contributed by atoms with Gasteiger partial charge in [0.2, 0.25) is 0 Å². The number of anilines is 1. The second kappa shape index (κ2) is 4.47. The van der Waals surface area contributed by atoms with Gasteiger partial charge in [-0.2, -0.15) is 0 Å². The predicted octanol–water partition coefficient (Wildman–Crippen LogP) is 1.42. The van der Waals surface area contributed by atoms with Gasteiger partial charge in [-0.25, -0.2) is 4.79 Å². The lowest BCUT2D eigenvalue weighted by atomic mass is 10.2. The van der Waals surface area contributed by atoms with E-state index < -0.39 is 0 Å². The van der Waals surface area contributed by atoms with Crippen LogP contribution >= 0.6 is 0 Å². The number of benzene rings is 1. The number of amides is 2. The lowest BCUT2D eigenvalue weighted by molar-refractivity contribution is 0.190. The Hall–Kier alpha value is -2.05. The standard InChI is InChI=1S/C15H18N4O2/c1-9-14(17-8-16-9)18-7-12-10(2)21-13-6-4-3-5-11(13)19(12)15(18)20/h3-6,9,14,16-17H,7-8H2,1-2H3. The average Bonchev–Trinajstić information content (AvgIpc) is 3.03. The van der Waals surface area contributed by atoms with Crippen LogP contribution in [0.1, 0.15) is 13.8 Å². The van der Waals surface area contributed by atoms with E-state index >= 15 is 0 Å². The van der Waals surface area contributed by atoms with Crippen molar-refractivity contribution in [1.82, 2.24) is 15.5 Å². The van der Waals surface area contributed by atoms with Crippen molar-refractivity contribution in [3.63, 3.8) is 0 Å². The van der Waals surface area contributed by atoms with Crippen LogP contribution in [0, 0.1) is 0 Å². The summed E-state index contributed by atoms with van der Waals surface area (Å²) in [4.78, 5) is 16.5. The zero-order valence-corrected chi connectivity index (χ0v) is 12.1. The normalized spacial score (nSPS) is 27.8. The Morgan fingerprint density at radius 2 is 2.10 bits per heavy atom. The molecule has 3 heterocycles. The fraction of sp³-hybridized carbons (Fsp3) is 0.400. The van der Waals surface area contributed by atoms with Crippen molar-refractivity contribution in [1.29, 1.82) is 0 Å². The van der Waals surface area contributed by atoms with Crippen molar-refractivity contribution in [2.45, 2.75) is 26.1 Å². The lowest BCUT2D eigenvalue weighted by Crippen LogP contribution is -2.49. The van der Waals surface area contributed by atoms with Crippen molar-refractivity contribution < 1.29 is 9.53 Å². The molecule has 6 heteroatoms. The highest BCUT2D eigenvalue weighted by Gasteiger charge is 2.44. The van der Waals surface area contributed by atoms with E-state index in [4.69, 9.17) is 4.74 Å². The minimum atomic E-state index is 0.00755. The highest BCUT2D eigenvalue weighted by atomic mass is 16.5. The van der Waals surface area contributed by atoms with Gasteiger partial charge in [0.1, 0.15) is 11.9 Å². The monoisotopic (exact) mass is 286 g/mol. The molecule has 0 aliphatic carbocycles. The van der Waals surface area contributed by atoms with Gasteiger partial charge in [-0.15, -0.1) is 0 Å². The number of allylic oxidation sites excluding steroid dienone is 1. The van der Waals surface area contributed by atoms with Crippen molar-refractivity contribution >= 4 is 11.7 Å². The number of carbonyl (C=O) groups excluding carboxylic acids is 1. The van der Waals surface area contributed by atoms with Crippen LogP contribution in [0.4, 0.5) is 10.5 Å². The van der Waals surface area contributed by atoms with Crippen molar-refractivity contribution in [2.75, 3.05) is 18.1 Å².